The van der Waals surface area contributed by atoms with Gasteiger partial charge in [0.15, 0.2) is 5.65 Å². The number of halogens is 1. The minimum atomic E-state index is -0.292. The summed E-state index contributed by atoms with van der Waals surface area (Å²) in [5, 5.41) is 12.2. The topological polar surface area (TPSA) is 97.3 Å². The van der Waals surface area contributed by atoms with Crippen molar-refractivity contribution in [3.8, 4) is 0 Å². The molecule has 0 spiro atoms. The molecule has 3 heterocycles. The Morgan fingerprint density at radius 3 is 2.96 bits per heavy atom. The Morgan fingerprint density at radius 2 is 2.19 bits per heavy atom. The third kappa shape index (κ3) is 3.40. The highest BCUT2D eigenvalue weighted by molar-refractivity contribution is 7.15. The van der Waals surface area contributed by atoms with Gasteiger partial charge in [0.2, 0.25) is 0 Å². The number of thiophene rings is 1. The summed E-state index contributed by atoms with van der Waals surface area (Å²) >= 11 is 7.42. The summed E-state index contributed by atoms with van der Waals surface area (Å²) in [6, 6.07) is 3.93. The molecule has 0 bridgehead atoms. The number of aromatic nitrogens is 3. The van der Waals surface area contributed by atoms with E-state index in [9.17, 15) is 4.79 Å². The van der Waals surface area contributed by atoms with Crippen LogP contribution in [0.25, 0.3) is 5.65 Å². The van der Waals surface area contributed by atoms with Gasteiger partial charge in [0, 0.05) is 18.3 Å². The van der Waals surface area contributed by atoms with Crippen LogP contribution in [0.5, 0.6) is 0 Å². The van der Waals surface area contributed by atoms with Crippen molar-refractivity contribution in [1.29, 1.82) is 0 Å². The number of amides is 1. The van der Waals surface area contributed by atoms with Crippen molar-refractivity contribution in [3.63, 3.8) is 0 Å². The van der Waals surface area contributed by atoms with Gasteiger partial charge in [-0.15, -0.1) is 11.3 Å². The lowest BCUT2D eigenvalue weighted by molar-refractivity contribution is 0.102. The molecule has 3 aromatic rings. The van der Waals surface area contributed by atoms with Crippen LogP contribution < -0.4 is 16.4 Å². The number of rotatable bonds is 4. The van der Waals surface area contributed by atoms with Crippen LogP contribution in [0.15, 0.2) is 29.9 Å². The van der Waals surface area contributed by atoms with Crippen LogP contribution in [0.1, 0.15) is 36.0 Å². The molecule has 3 aromatic heterocycles. The monoisotopic (exact) mass is 390 g/mol. The lowest BCUT2D eigenvalue weighted by Gasteiger charge is -2.29. The van der Waals surface area contributed by atoms with E-state index in [2.05, 4.69) is 20.7 Å². The van der Waals surface area contributed by atoms with E-state index in [-0.39, 0.29) is 18.0 Å². The summed E-state index contributed by atoms with van der Waals surface area (Å²) in [5.41, 5.74) is 7.67. The molecule has 1 amide bonds. The van der Waals surface area contributed by atoms with E-state index in [0.717, 1.165) is 19.3 Å². The van der Waals surface area contributed by atoms with E-state index in [1.807, 2.05) is 11.4 Å². The molecular formula is C17H19ClN6OS. The summed E-state index contributed by atoms with van der Waals surface area (Å²) in [6.07, 6.45) is 7.67. The van der Waals surface area contributed by atoms with E-state index in [1.54, 1.807) is 16.8 Å². The van der Waals surface area contributed by atoms with Crippen LogP contribution in [-0.2, 0) is 0 Å². The summed E-state index contributed by atoms with van der Waals surface area (Å²) in [4.78, 5) is 17.2. The van der Waals surface area contributed by atoms with Gasteiger partial charge in [0.1, 0.15) is 15.7 Å². The van der Waals surface area contributed by atoms with Gasteiger partial charge < -0.3 is 16.4 Å². The van der Waals surface area contributed by atoms with Gasteiger partial charge >= 0.3 is 0 Å². The Balaban J connectivity index is 1.58. The van der Waals surface area contributed by atoms with Gasteiger partial charge in [0.05, 0.1) is 11.9 Å². The zero-order valence-electron chi connectivity index (χ0n) is 14.0. The summed E-state index contributed by atoms with van der Waals surface area (Å²) < 4.78 is 2.12. The fourth-order valence-electron chi connectivity index (χ4n) is 3.21. The van der Waals surface area contributed by atoms with E-state index in [4.69, 9.17) is 17.3 Å². The maximum Gasteiger partial charge on any atom is 0.261 e. The maximum atomic E-state index is 12.6. The van der Waals surface area contributed by atoms with Crippen LogP contribution in [0.4, 0.5) is 11.5 Å². The molecule has 0 radical (unpaired) electrons. The van der Waals surface area contributed by atoms with Crippen molar-refractivity contribution in [1.82, 2.24) is 14.6 Å². The normalized spacial score (nSPS) is 20.2. The molecule has 9 heteroatoms. The molecule has 26 heavy (non-hydrogen) atoms. The molecule has 136 valence electrons. The number of hydrogen-bond acceptors (Lipinski definition) is 6. The number of carbonyl (C=O) groups excluding carboxylic acids is 1. The van der Waals surface area contributed by atoms with Crippen LogP contribution in [0.3, 0.4) is 0 Å². The molecule has 1 aliphatic carbocycles. The largest absolute Gasteiger partial charge is 0.366 e. The predicted molar refractivity (Wildman–Crippen MR) is 104 cm³/mol. The highest BCUT2D eigenvalue weighted by Gasteiger charge is 2.22. The van der Waals surface area contributed by atoms with Gasteiger partial charge in [-0.05, 0) is 30.4 Å². The lowest BCUT2D eigenvalue weighted by atomic mass is 9.91. The number of anilines is 2. The first-order chi connectivity index (χ1) is 12.6. The van der Waals surface area contributed by atoms with Gasteiger partial charge in [-0.1, -0.05) is 24.4 Å². The van der Waals surface area contributed by atoms with E-state index >= 15 is 0 Å². The van der Waals surface area contributed by atoms with E-state index in [1.165, 1.54) is 24.0 Å². The fraction of sp³-hybridized carbons (Fsp3) is 0.353. The summed E-state index contributed by atoms with van der Waals surface area (Å²) in [5.74, 6) is 0.405. The quantitative estimate of drug-likeness (QED) is 0.634. The second-order valence-corrected chi connectivity index (χ2v) is 7.92. The summed E-state index contributed by atoms with van der Waals surface area (Å²) in [7, 11) is 0. The third-order valence-corrected chi connectivity index (χ3v) is 5.80. The highest BCUT2D eigenvalue weighted by atomic mass is 35.5. The van der Waals surface area contributed by atoms with Crippen LogP contribution in [0, 0.1) is 0 Å². The highest BCUT2D eigenvalue weighted by Crippen LogP contribution is 2.28. The zero-order valence-corrected chi connectivity index (χ0v) is 15.6. The number of nitrogens with zero attached hydrogens (tertiary/aromatic N) is 3. The average molecular weight is 391 g/mol. The predicted octanol–water partition coefficient (Wildman–Crippen LogP) is 3.38. The van der Waals surface area contributed by atoms with Gasteiger partial charge in [0.25, 0.3) is 5.91 Å². The smallest absolute Gasteiger partial charge is 0.261 e. The molecule has 4 N–H and O–H groups in total. The maximum absolute atomic E-state index is 12.6. The molecule has 1 saturated carbocycles. The fourth-order valence-corrected chi connectivity index (χ4v) is 4.04. The van der Waals surface area contributed by atoms with Crippen molar-refractivity contribution < 1.29 is 4.79 Å². The van der Waals surface area contributed by atoms with Crippen LogP contribution in [-0.4, -0.2) is 32.6 Å². The molecule has 1 aliphatic rings. The Hall–Kier alpha value is -2.16. The Kier molecular flexibility index (Phi) is 4.80. The van der Waals surface area contributed by atoms with Gasteiger partial charge in [-0.3, -0.25) is 4.79 Å². The van der Waals surface area contributed by atoms with E-state index < -0.39 is 0 Å². The number of hydrogen-bond donors (Lipinski definition) is 3. The second-order valence-electron chi connectivity index (χ2n) is 6.40. The third-order valence-electron chi connectivity index (χ3n) is 4.63. The van der Waals surface area contributed by atoms with Crippen molar-refractivity contribution in [2.75, 3.05) is 10.6 Å². The number of carbonyl (C=O) groups is 1. The van der Waals surface area contributed by atoms with Gasteiger partial charge in [-0.25, -0.2) is 9.50 Å². The SMILES string of the molecule is N[C@H]1CCCC[C@H]1Nc1ccn2ncc(C(=O)Nc3ccsc3Cl)c2n1. The van der Waals surface area contributed by atoms with Crippen LogP contribution in [0.2, 0.25) is 4.34 Å². The van der Waals surface area contributed by atoms with Crippen molar-refractivity contribution >= 4 is 46.0 Å². The van der Waals surface area contributed by atoms with Crippen molar-refractivity contribution in [2.45, 2.75) is 37.8 Å². The number of nitrogens with one attached hydrogen (secondary N) is 2. The Labute approximate surface area is 159 Å². The van der Waals surface area contributed by atoms with Crippen molar-refractivity contribution in [3.05, 3.63) is 39.8 Å². The first-order valence-corrected chi connectivity index (χ1v) is 9.78. The minimum absolute atomic E-state index is 0.121. The molecule has 0 unspecified atom stereocenters. The molecule has 2 atom stereocenters. The molecule has 0 aliphatic heterocycles. The average Bonchev–Trinajstić information content (AvgIpc) is 3.23. The van der Waals surface area contributed by atoms with Gasteiger partial charge in [-0.2, -0.15) is 5.10 Å². The molecular weight excluding hydrogens is 372 g/mol. The first-order valence-electron chi connectivity index (χ1n) is 8.52. The Bertz CT molecular complexity index is 938. The zero-order chi connectivity index (χ0) is 18.1. The minimum Gasteiger partial charge on any atom is -0.366 e. The Morgan fingerprint density at radius 1 is 1.35 bits per heavy atom. The lowest BCUT2D eigenvalue weighted by Crippen LogP contribution is -2.42. The number of fused-ring (bicyclic) bond motifs is 1. The molecule has 0 saturated heterocycles. The van der Waals surface area contributed by atoms with Crippen LogP contribution >= 0.6 is 22.9 Å². The molecule has 4 rings (SSSR count). The standard InChI is InChI=1S/C17H19ClN6OS/c18-15-13(6-8-26-15)22-17(25)10-9-20-24-7-5-14(23-16(10)24)21-12-4-2-1-3-11(12)19/h5-9,11-12H,1-4,19H2,(H,21,23)(H,22,25)/t11-,12+/m0/s1. The first kappa shape index (κ1) is 17.3. The number of nitrogens with two attached hydrogens (primary N) is 1. The summed E-state index contributed by atoms with van der Waals surface area (Å²) in [6.45, 7) is 0. The molecule has 1 fully saturated rings. The van der Waals surface area contributed by atoms with E-state index in [0.29, 0.717) is 27.1 Å². The van der Waals surface area contributed by atoms with Crippen molar-refractivity contribution in [2.24, 2.45) is 5.73 Å². The second kappa shape index (κ2) is 7.22. The molecule has 7 nitrogen and oxygen atoms in total. The molecule has 0 aromatic carbocycles.